The van der Waals surface area contributed by atoms with Crippen LogP contribution in [0.3, 0.4) is 0 Å². The maximum absolute atomic E-state index is 12.9. The van der Waals surface area contributed by atoms with Gasteiger partial charge in [-0.3, -0.25) is 5.10 Å². The molecule has 0 amide bonds. The summed E-state index contributed by atoms with van der Waals surface area (Å²) < 4.78 is 14.6. The lowest BCUT2D eigenvalue weighted by Crippen LogP contribution is -2.00. The minimum absolute atomic E-state index is 0.255. The molecule has 0 saturated carbocycles. The summed E-state index contributed by atoms with van der Waals surface area (Å²) in [5.74, 6) is -0.351. The van der Waals surface area contributed by atoms with Crippen molar-refractivity contribution in [3.05, 3.63) is 46.7 Å². The first-order valence-electron chi connectivity index (χ1n) is 5.33. The molecule has 0 fully saturated rings. The van der Waals surface area contributed by atoms with E-state index in [0.29, 0.717) is 22.5 Å². The Morgan fingerprint density at radius 3 is 2.74 bits per heavy atom. The summed E-state index contributed by atoms with van der Waals surface area (Å²) in [5, 5.41) is 12.1. The molecule has 0 saturated heterocycles. The van der Waals surface area contributed by atoms with Crippen LogP contribution in [-0.2, 0) is 0 Å². The average molecular weight is 271 g/mol. The average Bonchev–Trinajstić information content (AvgIpc) is 2.89. The number of halogens is 1. The van der Waals surface area contributed by atoms with E-state index < -0.39 is 0 Å². The number of nitrogens with zero attached hydrogens (tertiary/aromatic N) is 4. The third kappa shape index (κ3) is 1.78. The zero-order valence-corrected chi connectivity index (χ0v) is 10.3. The van der Waals surface area contributed by atoms with Gasteiger partial charge in [0.05, 0.1) is 5.69 Å². The zero-order chi connectivity index (χ0) is 13.4. The van der Waals surface area contributed by atoms with E-state index in [9.17, 15) is 9.65 Å². The van der Waals surface area contributed by atoms with Gasteiger partial charge in [-0.2, -0.15) is 5.26 Å². The first-order valence-corrected chi connectivity index (χ1v) is 5.73. The highest BCUT2D eigenvalue weighted by Gasteiger charge is 2.14. The van der Waals surface area contributed by atoms with Gasteiger partial charge in [-0.15, -0.1) is 0 Å². The van der Waals surface area contributed by atoms with E-state index in [1.165, 1.54) is 23.0 Å². The second-order valence-corrected chi connectivity index (χ2v) is 4.15. The Kier molecular flexibility index (Phi) is 2.58. The van der Waals surface area contributed by atoms with Crippen molar-refractivity contribution in [2.24, 2.45) is 0 Å². The minimum Gasteiger partial charge on any atom is -0.279 e. The predicted octanol–water partition coefficient (Wildman–Crippen LogP) is 2.46. The molecule has 1 N–H and O–H groups in total. The molecular weight excluding hydrogens is 265 g/mol. The summed E-state index contributed by atoms with van der Waals surface area (Å²) in [6.45, 7) is 0. The Bertz CT molecular complexity index is 856. The summed E-state index contributed by atoms with van der Waals surface area (Å²) in [7, 11) is 0. The van der Waals surface area contributed by atoms with E-state index in [1.807, 2.05) is 0 Å². The first kappa shape index (κ1) is 11.5. The molecule has 0 aliphatic carbocycles. The monoisotopic (exact) mass is 271 g/mol. The Morgan fingerprint density at radius 1 is 1.32 bits per heavy atom. The van der Waals surface area contributed by atoms with E-state index in [4.69, 9.17) is 12.2 Å². The van der Waals surface area contributed by atoms with Gasteiger partial charge < -0.3 is 0 Å². The van der Waals surface area contributed by atoms with Gasteiger partial charge in [0.25, 0.3) is 0 Å². The van der Waals surface area contributed by atoms with Crippen molar-refractivity contribution in [1.82, 2.24) is 19.6 Å². The number of H-pyrrole nitrogens is 1. The van der Waals surface area contributed by atoms with Crippen LogP contribution >= 0.6 is 12.2 Å². The summed E-state index contributed by atoms with van der Waals surface area (Å²) in [6.07, 6.45) is 1.43. The Balaban J connectivity index is 2.38. The number of fused-ring (bicyclic) bond motifs is 1. The number of aromatic amines is 1. The van der Waals surface area contributed by atoms with Crippen molar-refractivity contribution in [2.75, 3.05) is 0 Å². The van der Waals surface area contributed by atoms with E-state index in [1.54, 1.807) is 12.1 Å². The van der Waals surface area contributed by atoms with Crippen LogP contribution in [0.1, 0.15) is 5.56 Å². The molecule has 5 nitrogen and oxygen atoms in total. The van der Waals surface area contributed by atoms with Crippen molar-refractivity contribution < 1.29 is 4.39 Å². The number of rotatable bonds is 1. The molecule has 0 aliphatic rings. The van der Waals surface area contributed by atoms with E-state index in [-0.39, 0.29) is 10.6 Å². The zero-order valence-electron chi connectivity index (χ0n) is 9.46. The minimum atomic E-state index is -0.351. The van der Waals surface area contributed by atoms with Crippen LogP contribution in [0, 0.1) is 21.9 Å². The van der Waals surface area contributed by atoms with E-state index in [0.717, 1.165) is 0 Å². The number of benzene rings is 1. The number of nitriles is 1. The van der Waals surface area contributed by atoms with Crippen LogP contribution in [0.5, 0.6) is 0 Å². The third-order valence-corrected chi connectivity index (χ3v) is 2.95. The molecule has 2 heterocycles. The van der Waals surface area contributed by atoms with Gasteiger partial charge in [0.2, 0.25) is 4.77 Å². The summed E-state index contributed by atoms with van der Waals surface area (Å²) in [6, 6.07) is 7.78. The third-order valence-electron chi connectivity index (χ3n) is 2.67. The number of hydrogen-bond donors (Lipinski definition) is 1. The van der Waals surface area contributed by atoms with Crippen molar-refractivity contribution in [3.63, 3.8) is 0 Å². The van der Waals surface area contributed by atoms with Crippen molar-refractivity contribution >= 4 is 17.9 Å². The van der Waals surface area contributed by atoms with Crippen LogP contribution < -0.4 is 0 Å². The van der Waals surface area contributed by atoms with Crippen LogP contribution in [0.25, 0.3) is 16.9 Å². The molecule has 0 unspecified atom stereocenters. The quantitative estimate of drug-likeness (QED) is 0.690. The molecule has 19 heavy (non-hydrogen) atoms. The van der Waals surface area contributed by atoms with Crippen molar-refractivity contribution in [3.8, 4) is 17.3 Å². The van der Waals surface area contributed by atoms with Crippen LogP contribution in [0.4, 0.5) is 4.39 Å². The normalized spacial score (nSPS) is 10.5. The Hall–Kier alpha value is -2.59. The van der Waals surface area contributed by atoms with Crippen molar-refractivity contribution in [2.45, 2.75) is 0 Å². The Labute approximate surface area is 112 Å². The van der Waals surface area contributed by atoms with Gasteiger partial charge in [-0.25, -0.2) is 18.9 Å². The second-order valence-electron chi connectivity index (χ2n) is 3.78. The van der Waals surface area contributed by atoms with Crippen LogP contribution in [0.15, 0.2) is 30.6 Å². The SMILES string of the molecule is N#Cc1c(-c2ccc(F)cc2)nc(=S)n2[nH]cnc12. The topological polar surface area (TPSA) is 69.8 Å². The fraction of sp³-hybridized carbons (Fsp3) is 0. The number of nitrogens with one attached hydrogen (secondary N) is 1. The maximum Gasteiger partial charge on any atom is 0.221 e. The molecule has 0 bridgehead atoms. The van der Waals surface area contributed by atoms with Gasteiger partial charge in [-0.05, 0) is 36.5 Å². The van der Waals surface area contributed by atoms with Crippen LogP contribution in [-0.4, -0.2) is 19.6 Å². The second kappa shape index (κ2) is 4.26. The largest absolute Gasteiger partial charge is 0.279 e. The van der Waals surface area contributed by atoms with Crippen LogP contribution in [0.2, 0.25) is 0 Å². The highest BCUT2D eigenvalue weighted by molar-refractivity contribution is 7.71. The van der Waals surface area contributed by atoms with Crippen molar-refractivity contribution in [1.29, 1.82) is 5.26 Å². The fourth-order valence-electron chi connectivity index (χ4n) is 1.82. The lowest BCUT2D eigenvalue weighted by molar-refractivity contribution is 0.628. The van der Waals surface area contributed by atoms with Gasteiger partial charge in [0.15, 0.2) is 5.65 Å². The standard InChI is InChI=1S/C12H6FN5S/c13-8-3-1-7(2-4-8)10-9(5-14)11-15-6-16-18(11)12(19)17-10/h1-4,6H,(H,15,16). The summed E-state index contributed by atoms with van der Waals surface area (Å²) in [4.78, 5) is 8.26. The molecule has 0 radical (unpaired) electrons. The van der Waals surface area contributed by atoms with Gasteiger partial charge in [0.1, 0.15) is 23.8 Å². The molecule has 0 aliphatic heterocycles. The fourth-order valence-corrected chi connectivity index (χ4v) is 2.05. The summed E-state index contributed by atoms with van der Waals surface area (Å²) >= 11 is 5.13. The van der Waals surface area contributed by atoms with E-state index in [2.05, 4.69) is 21.1 Å². The lowest BCUT2D eigenvalue weighted by atomic mass is 10.1. The van der Waals surface area contributed by atoms with E-state index >= 15 is 0 Å². The molecule has 2 aromatic heterocycles. The molecule has 92 valence electrons. The lowest BCUT2D eigenvalue weighted by Gasteiger charge is -2.04. The molecule has 0 spiro atoms. The molecular formula is C12H6FN5S. The molecule has 7 heteroatoms. The smallest absolute Gasteiger partial charge is 0.221 e. The highest BCUT2D eigenvalue weighted by atomic mass is 32.1. The number of hydrogen-bond acceptors (Lipinski definition) is 4. The molecule has 3 rings (SSSR count). The molecule has 3 aromatic rings. The molecule has 1 aromatic carbocycles. The highest BCUT2D eigenvalue weighted by Crippen LogP contribution is 2.23. The maximum atomic E-state index is 12.9. The Morgan fingerprint density at radius 2 is 2.05 bits per heavy atom. The summed E-state index contributed by atoms with van der Waals surface area (Å²) in [5.41, 5.74) is 1.72. The van der Waals surface area contributed by atoms with Gasteiger partial charge in [-0.1, -0.05) is 0 Å². The van der Waals surface area contributed by atoms with Gasteiger partial charge >= 0.3 is 0 Å². The van der Waals surface area contributed by atoms with Gasteiger partial charge in [0, 0.05) is 5.56 Å². The predicted molar refractivity (Wildman–Crippen MR) is 68.3 cm³/mol. The first-order chi connectivity index (χ1) is 9.20. The number of aromatic nitrogens is 4. The molecule has 0 atom stereocenters.